The molecule has 2 heterocycles. The third kappa shape index (κ3) is 4.07. The lowest BCUT2D eigenvalue weighted by Crippen LogP contribution is -2.39. The molecule has 0 aromatic carbocycles. The molecule has 1 saturated heterocycles. The van der Waals surface area contributed by atoms with Gasteiger partial charge in [-0.25, -0.2) is 4.79 Å². The van der Waals surface area contributed by atoms with E-state index < -0.39 is 6.10 Å². The molecule has 3 rings (SSSR count). The number of allylic oxidation sites excluding steroid dienone is 1. The van der Waals surface area contributed by atoms with Crippen molar-refractivity contribution in [1.82, 2.24) is 4.90 Å². The first-order valence-electron chi connectivity index (χ1n) is 8.89. The standard InChI is InChI=1S/C19H25NO3S/c1-14(23-18(21)13-15-7-3-2-4-8-15)19(22)20-11-5-9-16(20)17-10-6-12-24-17/h6,10,12-14,16H,2-5,7-9,11H2,1H3/t14-,16-/m1/s1. The molecule has 1 aromatic rings. The average Bonchev–Trinajstić information content (AvgIpc) is 3.25. The van der Waals surface area contributed by atoms with Gasteiger partial charge in [-0.2, -0.15) is 0 Å². The molecule has 130 valence electrons. The van der Waals surface area contributed by atoms with E-state index >= 15 is 0 Å². The van der Waals surface area contributed by atoms with Gasteiger partial charge in [0, 0.05) is 17.5 Å². The Hall–Kier alpha value is -1.62. The largest absolute Gasteiger partial charge is 0.449 e. The van der Waals surface area contributed by atoms with Gasteiger partial charge in [-0.05, 0) is 56.9 Å². The Bertz CT molecular complexity index is 600. The van der Waals surface area contributed by atoms with Crippen molar-refractivity contribution in [3.8, 4) is 0 Å². The number of carbonyl (C=O) groups excluding carboxylic acids is 2. The second-order valence-electron chi connectivity index (χ2n) is 6.65. The van der Waals surface area contributed by atoms with E-state index in [4.69, 9.17) is 4.74 Å². The summed E-state index contributed by atoms with van der Waals surface area (Å²) in [6.45, 7) is 2.42. The van der Waals surface area contributed by atoms with Crippen molar-refractivity contribution in [1.29, 1.82) is 0 Å². The lowest BCUT2D eigenvalue weighted by atomic mass is 9.95. The minimum Gasteiger partial charge on any atom is -0.449 e. The van der Waals surface area contributed by atoms with Crippen LogP contribution in [0.4, 0.5) is 0 Å². The maximum atomic E-state index is 12.7. The average molecular weight is 347 g/mol. The minimum atomic E-state index is -0.724. The molecule has 0 unspecified atom stereocenters. The fourth-order valence-corrected chi connectivity index (χ4v) is 4.49. The summed E-state index contributed by atoms with van der Waals surface area (Å²) in [7, 11) is 0. The first-order valence-corrected chi connectivity index (χ1v) is 9.77. The zero-order chi connectivity index (χ0) is 16.9. The highest BCUT2D eigenvalue weighted by atomic mass is 32.1. The highest BCUT2D eigenvalue weighted by Gasteiger charge is 2.34. The molecule has 0 radical (unpaired) electrons. The Morgan fingerprint density at radius 1 is 1.29 bits per heavy atom. The van der Waals surface area contributed by atoms with E-state index in [0.29, 0.717) is 0 Å². The summed E-state index contributed by atoms with van der Waals surface area (Å²) in [4.78, 5) is 27.9. The van der Waals surface area contributed by atoms with Gasteiger partial charge in [0.25, 0.3) is 5.91 Å². The summed E-state index contributed by atoms with van der Waals surface area (Å²) < 4.78 is 5.39. The van der Waals surface area contributed by atoms with E-state index in [0.717, 1.165) is 50.6 Å². The zero-order valence-corrected chi connectivity index (χ0v) is 15.0. The normalized spacial score (nSPS) is 22.3. The molecule has 4 nitrogen and oxygen atoms in total. The van der Waals surface area contributed by atoms with Gasteiger partial charge in [0.2, 0.25) is 0 Å². The molecule has 0 bridgehead atoms. The molecule has 1 aromatic heterocycles. The lowest BCUT2D eigenvalue weighted by Gasteiger charge is -2.26. The van der Waals surface area contributed by atoms with Crippen molar-refractivity contribution in [2.24, 2.45) is 0 Å². The number of esters is 1. The van der Waals surface area contributed by atoms with Crippen molar-refractivity contribution in [3.05, 3.63) is 34.0 Å². The van der Waals surface area contributed by atoms with Gasteiger partial charge in [-0.3, -0.25) is 4.79 Å². The molecule has 1 aliphatic carbocycles. The second-order valence-corrected chi connectivity index (χ2v) is 7.63. The fraction of sp³-hybridized carbons (Fsp3) is 0.579. The van der Waals surface area contributed by atoms with Crippen LogP contribution in [0.5, 0.6) is 0 Å². The van der Waals surface area contributed by atoms with Crippen molar-refractivity contribution >= 4 is 23.2 Å². The lowest BCUT2D eigenvalue weighted by molar-refractivity contribution is -0.155. The molecule has 5 heteroatoms. The van der Waals surface area contributed by atoms with Crippen LogP contribution in [0.3, 0.4) is 0 Å². The van der Waals surface area contributed by atoms with E-state index in [1.165, 1.54) is 11.3 Å². The van der Waals surface area contributed by atoms with E-state index in [9.17, 15) is 9.59 Å². The van der Waals surface area contributed by atoms with Gasteiger partial charge in [0.05, 0.1) is 6.04 Å². The maximum absolute atomic E-state index is 12.7. The first-order chi connectivity index (χ1) is 11.6. The molecule has 0 N–H and O–H groups in total. The molecular weight excluding hydrogens is 322 g/mol. The predicted octanol–water partition coefficient (Wildman–Crippen LogP) is 4.23. The molecule has 0 spiro atoms. The topological polar surface area (TPSA) is 46.6 Å². The molecule has 1 aliphatic heterocycles. The Labute approximate surface area is 147 Å². The Kier molecular flexibility index (Phi) is 5.72. The number of rotatable bonds is 4. The molecular formula is C19H25NO3S. The van der Waals surface area contributed by atoms with Crippen LogP contribution in [-0.2, 0) is 14.3 Å². The summed E-state index contributed by atoms with van der Waals surface area (Å²) in [5.74, 6) is -0.457. The highest BCUT2D eigenvalue weighted by molar-refractivity contribution is 7.10. The van der Waals surface area contributed by atoms with Crippen LogP contribution in [-0.4, -0.2) is 29.4 Å². The van der Waals surface area contributed by atoms with Gasteiger partial charge in [0.15, 0.2) is 6.10 Å². The van der Waals surface area contributed by atoms with Crippen molar-refractivity contribution in [3.63, 3.8) is 0 Å². The maximum Gasteiger partial charge on any atom is 0.331 e. The van der Waals surface area contributed by atoms with Crippen LogP contribution in [0.25, 0.3) is 0 Å². The van der Waals surface area contributed by atoms with Gasteiger partial charge < -0.3 is 9.64 Å². The number of likely N-dealkylation sites (tertiary alicyclic amines) is 1. The third-order valence-corrected chi connectivity index (χ3v) is 5.84. The highest BCUT2D eigenvalue weighted by Crippen LogP contribution is 2.35. The van der Waals surface area contributed by atoms with Crippen LogP contribution in [0.15, 0.2) is 29.2 Å². The van der Waals surface area contributed by atoms with Crippen LogP contribution < -0.4 is 0 Å². The van der Waals surface area contributed by atoms with Crippen LogP contribution in [0.2, 0.25) is 0 Å². The van der Waals surface area contributed by atoms with Crippen LogP contribution in [0, 0.1) is 0 Å². The van der Waals surface area contributed by atoms with Gasteiger partial charge in [0.1, 0.15) is 0 Å². The second kappa shape index (κ2) is 7.97. The van der Waals surface area contributed by atoms with E-state index in [1.54, 1.807) is 24.3 Å². The summed E-state index contributed by atoms with van der Waals surface area (Å²) >= 11 is 1.68. The van der Waals surface area contributed by atoms with Gasteiger partial charge in [-0.1, -0.05) is 18.1 Å². The zero-order valence-electron chi connectivity index (χ0n) is 14.2. The summed E-state index contributed by atoms with van der Waals surface area (Å²) in [5.41, 5.74) is 1.16. The Morgan fingerprint density at radius 2 is 2.08 bits per heavy atom. The minimum absolute atomic E-state index is 0.0821. The molecule has 2 aliphatic rings. The van der Waals surface area contributed by atoms with Crippen LogP contribution in [0.1, 0.15) is 62.8 Å². The Balaban J connectivity index is 1.58. The molecule has 2 fully saturated rings. The first kappa shape index (κ1) is 17.2. The predicted molar refractivity (Wildman–Crippen MR) is 94.7 cm³/mol. The number of amides is 1. The third-order valence-electron chi connectivity index (χ3n) is 4.87. The number of hydrogen-bond acceptors (Lipinski definition) is 4. The molecule has 24 heavy (non-hydrogen) atoms. The summed E-state index contributed by atoms with van der Waals surface area (Å²) in [6, 6.07) is 4.22. The summed E-state index contributed by atoms with van der Waals surface area (Å²) in [5, 5.41) is 2.04. The number of ether oxygens (including phenoxy) is 1. The quantitative estimate of drug-likeness (QED) is 0.605. The molecule has 1 saturated carbocycles. The SMILES string of the molecule is C[C@@H](OC(=O)C=C1CCCCC1)C(=O)N1CCC[C@@H]1c1cccs1. The summed E-state index contributed by atoms with van der Waals surface area (Å²) in [6.07, 6.45) is 8.33. The molecule has 2 atom stereocenters. The van der Waals surface area contributed by atoms with Crippen molar-refractivity contribution < 1.29 is 14.3 Å². The van der Waals surface area contributed by atoms with E-state index in [2.05, 4.69) is 6.07 Å². The van der Waals surface area contributed by atoms with Crippen molar-refractivity contribution in [2.75, 3.05) is 6.54 Å². The Morgan fingerprint density at radius 3 is 2.79 bits per heavy atom. The number of nitrogens with zero attached hydrogens (tertiary/aromatic N) is 1. The smallest absolute Gasteiger partial charge is 0.331 e. The van der Waals surface area contributed by atoms with E-state index in [1.807, 2.05) is 16.3 Å². The number of thiophene rings is 1. The fourth-order valence-electron chi connectivity index (χ4n) is 3.62. The number of carbonyl (C=O) groups is 2. The van der Waals surface area contributed by atoms with E-state index in [-0.39, 0.29) is 17.9 Å². The van der Waals surface area contributed by atoms with Crippen LogP contribution >= 0.6 is 11.3 Å². The monoisotopic (exact) mass is 347 g/mol. The molecule has 1 amide bonds. The van der Waals surface area contributed by atoms with Gasteiger partial charge in [-0.15, -0.1) is 11.3 Å². The van der Waals surface area contributed by atoms with Gasteiger partial charge >= 0.3 is 5.97 Å². The number of hydrogen-bond donors (Lipinski definition) is 0. The van der Waals surface area contributed by atoms with Crippen molar-refractivity contribution in [2.45, 2.75) is 64.0 Å².